The van der Waals surface area contributed by atoms with E-state index in [1.807, 2.05) is 20.8 Å². The topological polar surface area (TPSA) is 84.6 Å². The van der Waals surface area contributed by atoms with Gasteiger partial charge in [-0.05, 0) is 51.8 Å². The maximum absolute atomic E-state index is 11.8. The fourth-order valence-electron chi connectivity index (χ4n) is 2.71. The van der Waals surface area contributed by atoms with Crippen LogP contribution in [0.4, 0.5) is 10.5 Å². The standard InChI is InChI=1S/C16H24N2O3/c1-15(2,3)21-14(20)18-11-6-7-13(19)12(10-11)16(17)8-4-5-9-16/h6-7,10,19H,4-5,8-9,17H2,1-3H3,(H,18,20). The zero-order chi connectivity index (χ0) is 15.7. The number of hydrogen-bond acceptors (Lipinski definition) is 4. The van der Waals surface area contributed by atoms with Gasteiger partial charge < -0.3 is 15.6 Å². The summed E-state index contributed by atoms with van der Waals surface area (Å²) in [6.07, 6.45) is 3.28. The van der Waals surface area contributed by atoms with Gasteiger partial charge in [-0.25, -0.2) is 4.79 Å². The predicted octanol–water partition coefficient (Wildman–Crippen LogP) is 3.47. The number of nitrogens with two attached hydrogens (primary N) is 1. The first-order chi connectivity index (χ1) is 9.70. The molecule has 5 heteroatoms. The molecule has 21 heavy (non-hydrogen) atoms. The first kappa shape index (κ1) is 15.6. The summed E-state index contributed by atoms with van der Waals surface area (Å²) in [7, 11) is 0. The molecule has 116 valence electrons. The van der Waals surface area contributed by atoms with Gasteiger partial charge in [0.15, 0.2) is 0 Å². The lowest BCUT2D eigenvalue weighted by Gasteiger charge is -2.26. The van der Waals surface area contributed by atoms with Crippen molar-refractivity contribution >= 4 is 11.8 Å². The molecule has 0 bridgehead atoms. The number of amides is 1. The number of nitrogens with one attached hydrogen (secondary N) is 1. The minimum Gasteiger partial charge on any atom is -0.508 e. The average molecular weight is 292 g/mol. The minimum atomic E-state index is -0.551. The quantitative estimate of drug-likeness (QED) is 0.729. The summed E-state index contributed by atoms with van der Waals surface area (Å²) in [5.41, 5.74) is 6.59. The molecule has 2 rings (SSSR count). The summed E-state index contributed by atoms with van der Waals surface area (Å²) in [6.45, 7) is 5.42. The predicted molar refractivity (Wildman–Crippen MR) is 82.3 cm³/mol. The zero-order valence-corrected chi connectivity index (χ0v) is 12.9. The van der Waals surface area contributed by atoms with Gasteiger partial charge in [-0.2, -0.15) is 0 Å². The van der Waals surface area contributed by atoms with E-state index >= 15 is 0 Å². The van der Waals surface area contributed by atoms with Crippen LogP contribution in [0.2, 0.25) is 0 Å². The number of aromatic hydroxyl groups is 1. The molecule has 1 aliphatic rings. The van der Waals surface area contributed by atoms with Crippen LogP contribution < -0.4 is 11.1 Å². The molecule has 0 heterocycles. The molecule has 1 saturated carbocycles. The number of carbonyl (C=O) groups excluding carboxylic acids is 1. The van der Waals surface area contributed by atoms with Gasteiger partial charge in [0, 0.05) is 16.8 Å². The lowest BCUT2D eigenvalue weighted by atomic mass is 9.88. The second-order valence-electron chi connectivity index (χ2n) is 6.72. The van der Waals surface area contributed by atoms with E-state index in [0.29, 0.717) is 11.3 Å². The number of phenolic OH excluding ortho intramolecular Hbond substituents is 1. The second-order valence-corrected chi connectivity index (χ2v) is 6.72. The van der Waals surface area contributed by atoms with Crippen molar-refractivity contribution < 1.29 is 14.6 Å². The molecule has 1 fully saturated rings. The van der Waals surface area contributed by atoms with E-state index in [9.17, 15) is 9.90 Å². The highest BCUT2D eigenvalue weighted by atomic mass is 16.6. The molecule has 0 aromatic heterocycles. The van der Waals surface area contributed by atoms with E-state index in [4.69, 9.17) is 10.5 Å². The molecule has 1 aromatic carbocycles. The molecular weight excluding hydrogens is 268 g/mol. The van der Waals surface area contributed by atoms with Crippen LogP contribution in [0.5, 0.6) is 5.75 Å². The number of benzene rings is 1. The Hall–Kier alpha value is -1.75. The van der Waals surface area contributed by atoms with Crippen LogP contribution >= 0.6 is 0 Å². The molecule has 1 amide bonds. The van der Waals surface area contributed by atoms with E-state index in [-0.39, 0.29) is 5.75 Å². The number of hydrogen-bond donors (Lipinski definition) is 3. The molecule has 0 saturated heterocycles. The largest absolute Gasteiger partial charge is 0.508 e. The van der Waals surface area contributed by atoms with Crippen molar-refractivity contribution in [2.75, 3.05) is 5.32 Å². The number of rotatable bonds is 2. The van der Waals surface area contributed by atoms with Crippen molar-refractivity contribution in [2.45, 2.75) is 57.6 Å². The zero-order valence-electron chi connectivity index (χ0n) is 12.9. The third kappa shape index (κ3) is 3.88. The Morgan fingerprint density at radius 3 is 2.52 bits per heavy atom. The van der Waals surface area contributed by atoms with Crippen LogP contribution in [0.25, 0.3) is 0 Å². The normalized spacial score (nSPS) is 17.5. The lowest BCUT2D eigenvalue weighted by molar-refractivity contribution is 0.0636. The van der Waals surface area contributed by atoms with Crippen LogP contribution in [0.15, 0.2) is 18.2 Å². The Labute approximate surface area is 125 Å². The molecule has 0 spiro atoms. The van der Waals surface area contributed by atoms with E-state index in [0.717, 1.165) is 25.7 Å². The van der Waals surface area contributed by atoms with Gasteiger partial charge in [0.1, 0.15) is 11.4 Å². The van der Waals surface area contributed by atoms with Crippen molar-refractivity contribution in [1.29, 1.82) is 0 Å². The highest BCUT2D eigenvalue weighted by Gasteiger charge is 2.33. The molecular formula is C16H24N2O3. The number of phenols is 1. The van der Waals surface area contributed by atoms with E-state index in [2.05, 4.69) is 5.32 Å². The second kappa shape index (κ2) is 5.56. The summed E-state index contributed by atoms with van der Waals surface area (Å²) in [5, 5.41) is 12.7. The van der Waals surface area contributed by atoms with Crippen molar-refractivity contribution in [1.82, 2.24) is 0 Å². The van der Waals surface area contributed by atoms with Crippen molar-refractivity contribution in [2.24, 2.45) is 5.73 Å². The number of carbonyl (C=O) groups is 1. The van der Waals surface area contributed by atoms with Gasteiger partial charge in [0.2, 0.25) is 0 Å². The van der Waals surface area contributed by atoms with Gasteiger partial charge >= 0.3 is 6.09 Å². The molecule has 0 radical (unpaired) electrons. The first-order valence-electron chi connectivity index (χ1n) is 7.32. The molecule has 0 atom stereocenters. The Morgan fingerprint density at radius 2 is 1.95 bits per heavy atom. The summed E-state index contributed by atoms with van der Waals surface area (Å²) in [4.78, 5) is 11.8. The van der Waals surface area contributed by atoms with Crippen molar-refractivity contribution in [3.63, 3.8) is 0 Å². The number of ether oxygens (including phenoxy) is 1. The van der Waals surface area contributed by atoms with Gasteiger partial charge in [-0.3, -0.25) is 5.32 Å². The van der Waals surface area contributed by atoms with Crippen LogP contribution in [-0.2, 0) is 10.3 Å². The summed E-state index contributed by atoms with van der Waals surface area (Å²) in [6, 6.07) is 4.95. The molecule has 1 aliphatic carbocycles. The maximum Gasteiger partial charge on any atom is 0.412 e. The van der Waals surface area contributed by atoms with Gasteiger partial charge in [0.05, 0.1) is 0 Å². The van der Waals surface area contributed by atoms with E-state index in [1.165, 1.54) is 0 Å². The molecule has 0 unspecified atom stereocenters. The molecule has 0 aliphatic heterocycles. The maximum atomic E-state index is 11.8. The van der Waals surface area contributed by atoms with Crippen LogP contribution in [0.3, 0.4) is 0 Å². The van der Waals surface area contributed by atoms with Crippen molar-refractivity contribution in [3.05, 3.63) is 23.8 Å². The van der Waals surface area contributed by atoms with Crippen LogP contribution in [0, 0.1) is 0 Å². The Kier molecular flexibility index (Phi) is 4.14. The first-order valence-corrected chi connectivity index (χ1v) is 7.32. The van der Waals surface area contributed by atoms with Crippen molar-refractivity contribution in [3.8, 4) is 5.75 Å². The highest BCUT2D eigenvalue weighted by Crippen LogP contribution is 2.41. The number of anilines is 1. The Bertz CT molecular complexity index is 529. The Morgan fingerprint density at radius 1 is 1.33 bits per heavy atom. The van der Waals surface area contributed by atoms with Gasteiger partial charge in [0.25, 0.3) is 0 Å². The third-order valence-corrected chi connectivity index (χ3v) is 3.67. The van der Waals surface area contributed by atoms with Crippen LogP contribution in [0.1, 0.15) is 52.0 Å². The van der Waals surface area contributed by atoms with Gasteiger partial charge in [-0.1, -0.05) is 12.8 Å². The molecule has 4 N–H and O–H groups in total. The summed E-state index contributed by atoms with van der Waals surface area (Å²) >= 11 is 0. The smallest absolute Gasteiger partial charge is 0.412 e. The fraction of sp³-hybridized carbons (Fsp3) is 0.562. The Balaban J connectivity index is 2.17. The highest BCUT2D eigenvalue weighted by molar-refractivity contribution is 5.85. The molecule has 5 nitrogen and oxygen atoms in total. The summed E-state index contributed by atoms with van der Waals surface area (Å²) < 4.78 is 5.22. The van der Waals surface area contributed by atoms with E-state index in [1.54, 1.807) is 18.2 Å². The SMILES string of the molecule is CC(C)(C)OC(=O)Nc1ccc(O)c(C2(N)CCCC2)c1. The monoisotopic (exact) mass is 292 g/mol. The van der Waals surface area contributed by atoms with Crippen LogP contribution in [-0.4, -0.2) is 16.8 Å². The molecule has 1 aromatic rings. The lowest BCUT2D eigenvalue weighted by Crippen LogP contribution is -2.33. The fourth-order valence-corrected chi connectivity index (χ4v) is 2.71. The average Bonchev–Trinajstić information content (AvgIpc) is 2.77. The minimum absolute atomic E-state index is 0.175. The third-order valence-electron chi connectivity index (χ3n) is 3.67. The van der Waals surface area contributed by atoms with Gasteiger partial charge in [-0.15, -0.1) is 0 Å². The summed E-state index contributed by atoms with van der Waals surface area (Å²) in [5.74, 6) is 0.175. The van der Waals surface area contributed by atoms with E-state index < -0.39 is 17.2 Å².